The Morgan fingerprint density at radius 3 is 2.47 bits per heavy atom. The number of benzene rings is 3. The molecule has 0 bridgehead atoms. The molecule has 0 aromatic heterocycles. The Kier molecular flexibility index (Phi) is 7.33. The van der Waals surface area contributed by atoms with E-state index in [1.807, 2.05) is 67.6 Å². The van der Waals surface area contributed by atoms with Gasteiger partial charge >= 0.3 is 0 Å². The zero-order valence-corrected chi connectivity index (χ0v) is 16.7. The summed E-state index contributed by atoms with van der Waals surface area (Å²) >= 11 is 0. The molecule has 3 aromatic carbocycles. The topological polar surface area (TPSA) is 79.8 Å². The van der Waals surface area contributed by atoms with Crippen molar-refractivity contribution in [3.63, 3.8) is 0 Å². The summed E-state index contributed by atoms with van der Waals surface area (Å²) in [5.41, 5.74) is 5.80. The van der Waals surface area contributed by atoms with Crippen molar-refractivity contribution in [3.8, 4) is 5.75 Å². The summed E-state index contributed by atoms with van der Waals surface area (Å²) in [6, 6.07) is 24.5. The number of ether oxygens (including phenoxy) is 1. The first kappa shape index (κ1) is 20.8. The molecule has 0 radical (unpaired) electrons. The number of hydrazone groups is 1. The molecular weight excluding hydrogens is 378 g/mol. The summed E-state index contributed by atoms with van der Waals surface area (Å²) in [5.74, 6) is 0.0397. The van der Waals surface area contributed by atoms with Gasteiger partial charge in [-0.05, 0) is 54.4 Å². The van der Waals surface area contributed by atoms with Crippen molar-refractivity contribution in [1.29, 1.82) is 0 Å². The Hall–Kier alpha value is -3.93. The predicted octanol–water partition coefficient (Wildman–Crippen LogP) is 3.45. The maximum absolute atomic E-state index is 12.0. The third kappa shape index (κ3) is 6.60. The number of hydrogen-bond donors (Lipinski definition) is 2. The van der Waals surface area contributed by atoms with Crippen LogP contribution in [0.4, 0.5) is 0 Å². The van der Waals surface area contributed by atoms with Crippen molar-refractivity contribution in [2.45, 2.75) is 13.5 Å². The van der Waals surface area contributed by atoms with Gasteiger partial charge in [-0.15, -0.1) is 0 Å². The number of aryl methyl sites for hydroxylation is 1. The summed E-state index contributed by atoms with van der Waals surface area (Å²) in [7, 11) is 0. The number of carbonyl (C=O) groups excluding carboxylic acids is 2. The third-order valence-electron chi connectivity index (χ3n) is 4.22. The standard InChI is InChI=1S/C24H23N3O3/c1-18-6-5-9-21(14-18)24(29)25-16-23(28)27-26-15-19-10-12-22(13-11-19)30-17-20-7-3-2-4-8-20/h2-15H,16-17H2,1H3,(H,25,29)(H,27,28)/b26-15-. The highest BCUT2D eigenvalue weighted by Gasteiger charge is 2.07. The van der Waals surface area contributed by atoms with Gasteiger partial charge in [0.25, 0.3) is 11.8 Å². The van der Waals surface area contributed by atoms with Crippen LogP contribution in [-0.2, 0) is 11.4 Å². The van der Waals surface area contributed by atoms with E-state index in [1.165, 1.54) is 6.21 Å². The lowest BCUT2D eigenvalue weighted by Crippen LogP contribution is -2.34. The van der Waals surface area contributed by atoms with Gasteiger partial charge in [-0.25, -0.2) is 5.43 Å². The van der Waals surface area contributed by atoms with Gasteiger partial charge in [-0.2, -0.15) is 5.10 Å². The van der Waals surface area contributed by atoms with Gasteiger partial charge in [-0.1, -0.05) is 48.0 Å². The average Bonchev–Trinajstić information content (AvgIpc) is 2.77. The summed E-state index contributed by atoms with van der Waals surface area (Å²) in [5, 5.41) is 6.48. The minimum Gasteiger partial charge on any atom is -0.489 e. The number of hydrogen-bond acceptors (Lipinski definition) is 4. The highest BCUT2D eigenvalue weighted by Crippen LogP contribution is 2.13. The monoisotopic (exact) mass is 401 g/mol. The lowest BCUT2D eigenvalue weighted by Gasteiger charge is -2.06. The van der Waals surface area contributed by atoms with Crippen LogP contribution in [0.1, 0.15) is 27.0 Å². The second-order valence-corrected chi connectivity index (χ2v) is 6.69. The van der Waals surface area contributed by atoms with Crippen LogP contribution in [-0.4, -0.2) is 24.6 Å². The molecule has 3 aromatic rings. The Labute approximate surface area is 175 Å². The molecule has 152 valence electrons. The molecular formula is C24H23N3O3. The van der Waals surface area contributed by atoms with Gasteiger partial charge in [0.2, 0.25) is 0 Å². The molecule has 0 aliphatic carbocycles. The molecule has 0 saturated heterocycles. The molecule has 0 aliphatic heterocycles. The second kappa shape index (κ2) is 10.6. The van der Waals surface area contributed by atoms with Gasteiger partial charge in [0.15, 0.2) is 0 Å². The highest BCUT2D eigenvalue weighted by atomic mass is 16.5. The number of carbonyl (C=O) groups is 2. The molecule has 3 rings (SSSR count). The molecule has 0 aliphatic rings. The highest BCUT2D eigenvalue weighted by molar-refractivity contribution is 5.96. The largest absolute Gasteiger partial charge is 0.489 e. The molecule has 6 nitrogen and oxygen atoms in total. The van der Waals surface area contributed by atoms with E-state index in [9.17, 15) is 9.59 Å². The van der Waals surface area contributed by atoms with E-state index in [0.29, 0.717) is 12.2 Å². The van der Waals surface area contributed by atoms with E-state index in [0.717, 1.165) is 22.4 Å². The second-order valence-electron chi connectivity index (χ2n) is 6.69. The molecule has 6 heteroatoms. The summed E-state index contributed by atoms with van der Waals surface area (Å²) in [6.07, 6.45) is 1.53. The molecule has 0 unspecified atom stereocenters. The molecule has 0 heterocycles. The Morgan fingerprint density at radius 1 is 0.967 bits per heavy atom. The van der Waals surface area contributed by atoms with Crippen LogP contribution in [0.25, 0.3) is 0 Å². The number of rotatable bonds is 8. The van der Waals surface area contributed by atoms with Gasteiger partial charge in [0.1, 0.15) is 12.4 Å². The van der Waals surface area contributed by atoms with Gasteiger partial charge in [0, 0.05) is 5.56 Å². The minimum absolute atomic E-state index is 0.156. The molecule has 0 saturated carbocycles. The van der Waals surface area contributed by atoms with Crippen LogP contribution in [0.2, 0.25) is 0 Å². The zero-order valence-electron chi connectivity index (χ0n) is 16.7. The predicted molar refractivity (Wildman–Crippen MR) is 116 cm³/mol. The molecule has 2 N–H and O–H groups in total. The van der Waals surface area contributed by atoms with Crippen molar-refractivity contribution in [1.82, 2.24) is 10.7 Å². The van der Waals surface area contributed by atoms with Crippen molar-refractivity contribution >= 4 is 18.0 Å². The summed E-state index contributed by atoms with van der Waals surface area (Å²) in [4.78, 5) is 23.9. The molecule has 30 heavy (non-hydrogen) atoms. The fraction of sp³-hybridized carbons (Fsp3) is 0.125. The van der Waals surface area contributed by atoms with E-state index in [-0.39, 0.29) is 12.5 Å². The maximum atomic E-state index is 12.0. The van der Waals surface area contributed by atoms with Gasteiger partial charge in [-0.3, -0.25) is 9.59 Å². The third-order valence-corrected chi connectivity index (χ3v) is 4.22. The Morgan fingerprint density at radius 2 is 1.73 bits per heavy atom. The van der Waals surface area contributed by atoms with Crippen LogP contribution >= 0.6 is 0 Å². The van der Waals surface area contributed by atoms with E-state index in [2.05, 4.69) is 15.8 Å². The fourth-order valence-electron chi connectivity index (χ4n) is 2.66. The Bertz CT molecular complexity index is 1020. The smallest absolute Gasteiger partial charge is 0.259 e. The summed E-state index contributed by atoms with van der Waals surface area (Å²) in [6.45, 7) is 2.25. The van der Waals surface area contributed by atoms with Crippen LogP contribution < -0.4 is 15.5 Å². The molecule has 2 amide bonds. The quantitative estimate of drug-likeness (QED) is 0.448. The van der Waals surface area contributed by atoms with Crippen LogP contribution in [0.5, 0.6) is 5.75 Å². The molecule has 0 fully saturated rings. The van der Waals surface area contributed by atoms with Crippen molar-refractivity contribution in [2.75, 3.05) is 6.54 Å². The number of nitrogens with zero attached hydrogens (tertiary/aromatic N) is 1. The SMILES string of the molecule is Cc1cccc(C(=O)NCC(=O)N/N=C\c2ccc(OCc3ccccc3)cc2)c1. The molecule has 0 spiro atoms. The zero-order chi connectivity index (χ0) is 21.2. The van der Waals surface area contributed by atoms with Gasteiger partial charge < -0.3 is 10.1 Å². The normalized spacial score (nSPS) is 10.6. The average molecular weight is 401 g/mol. The number of amides is 2. The van der Waals surface area contributed by atoms with E-state index >= 15 is 0 Å². The summed E-state index contributed by atoms with van der Waals surface area (Å²) < 4.78 is 5.73. The Balaban J connectivity index is 1.41. The van der Waals surface area contributed by atoms with Gasteiger partial charge in [0.05, 0.1) is 12.8 Å². The lowest BCUT2D eigenvalue weighted by molar-refractivity contribution is -0.120. The fourth-order valence-corrected chi connectivity index (χ4v) is 2.66. The minimum atomic E-state index is -0.407. The number of nitrogens with one attached hydrogen (secondary N) is 2. The van der Waals surface area contributed by atoms with Crippen molar-refractivity contribution in [2.24, 2.45) is 5.10 Å². The van der Waals surface area contributed by atoms with E-state index in [1.54, 1.807) is 18.2 Å². The van der Waals surface area contributed by atoms with Crippen LogP contribution in [0.3, 0.4) is 0 Å². The lowest BCUT2D eigenvalue weighted by atomic mass is 10.1. The van der Waals surface area contributed by atoms with Crippen LogP contribution in [0.15, 0.2) is 84.0 Å². The first-order valence-corrected chi connectivity index (χ1v) is 9.54. The van der Waals surface area contributed by atoms with Crippen molar-refractivity contribution in [3.05, 3.63) is 101 Å². The first-order chi connectivity index (χ1) is 14.6. The van der Waals surface area contributed by atoms with Crippen LogP contribution in [0, 0.1) is 6.92 Å². The van der Waals surface area contributed by atoms with E-state index in [4.69, 9.17) is 4.74 Å². The van der Waals surface area contributed by atoms with E-state index < -0.39 is 5.91 Å². The molecule has 0 atom stereocenters. The maximum Gasteiger partial charge on any atom is 0.259 e. The first-order valence-electron chi connectivity index (χ1n) is 9.54. The van der Waals surface area contributed by atoms with Crippen molar-refractivity contribution < 1.29 is 14.3 Å².